The first-order valence-electron chi connectivity index (χ1n) is 10.7. The lowest BCUT2D eigenvalue weighted by molar-refractivity contribution is -0.134. The minimum atomic E-state index is -0.416. The summed E-state index contributed by atoms with van der Waals surface area (Å²) in [6, 6.07) is 17.8. The highest BCUT2D eigenvalue weighted by molar-refractivity contribution is 8.01. The number of carbonyl (C=O) groups is 1. The van der Waals surface area contributed by atoms with Gasteiger partial charge in [0.15, 0.2) is 0 Å². The second-order valence-corrected chi connectivity index (χ2v) is 11.5. The molecule has 1 heterocycles. The summed E-state index contributed by atoms with van der Waals surface area (Å²) >= 11 is 1.76. The van der Waals surface area contributed by atoms with E-state index in [2.05, 4.69) is 60.6 Å². The van der Waals surface area contributed by atoms with Crippen molar-refractivity contribution in [2.45, 2.75) is 65.2 Å². The van der Waals surface area contributed by atoms with Crippen LogP contribution in [-0.4, -0.2) is 27.0 Å². The fourth-order valence-corrected chi connectivity index (χ4v) is 7.65. The van der Waals surface area contributed by atoms with Crippen LogP contribution in [0.2, 0.25) is 0 Å². The fraction of sp³-hybridized carbons (Fsp3) is 0.500. The minimum Gasteiger partial charge on any atom is -0.508 e. The van der Waals surface area contributed by atoms with Crippen LogP contribution in [0.25, 0.3) is 0 Å². The molecule has 3 rings (SSSR count). The molecule has 1 amide bonds. The van der Waals surface area contributed by atoms with Gasteiger partial charge >= 0.3 is 0 Å². The molecule has 1 aliphatic rings. The number of hydrogen-bond donors (Lipinski definition) is 1. The number of hydrogen-bond acceptors (Lipinski definition) is 3. The molecule has 2 atom stereocenters. The molecule has 30 heavy (non-hydrogen) atoms. The average molecular weight is 426 g/mol. The third-order valence-corrected chi connectivity index (χ3v) is 8.03. The fourth-order valence-electron chi connectivity index (χ4n) is 5.62. The Kier molecular flexibility index (Phi) is 6.03. The van der Waals surface area contributed by atoms with Crippen molar-refractivity contribution in [2.75, 3.05) is 5.88 Å². The molecule has 1 N–H and O–H groups in total. The summed E-state index contributed by atoms with van der Waals surface area (Å²) in [5, 5.41) is 9.71. The Morgan fingerprint density at radius 2 is 1.47 bits per heavy atom. The summed E-state index contributed by atoms with van der Waals surface area (Å²) in [6.45, 7) is 15.5. The Balaban J connectivity index is 2.11. The zero-order valence-corrected chi connectivity index (χ0v) is 20.1. The molecule has 1 fully saturated rings. The molecule has 0 spiro atoms. The average Bonchev–Trinajstić information content (AvgIpc) is 3.03. The largest absolute Gasteiger partial charge is 0.508 e. The van der Waals surface area contributed by atoms with Crippen LogP contribution in [0.3, 0.4) is 0 Å². The molecule has 0 radical (unpaired) electrons. The lowest BCUT2D eigenvalue weighted by Gasteiger charge is -2.56. The van der Waals surface area contributed by atoms with E-state index in [1.807, 2.05) is 35.2 Å². The number of rotatable bonds is 4. The van der Waals surface area contributed by atoms with Crippen molar-refractivity contribution in [3.63, 3.8) is 0 Å². The van der Waals surface area contributed by atoms with Gasteiger partial charge in [0.1, 0.15) is 5.75 Å². The Labute approximate surface area is 185 Å². The van der Waals surface area contributed by atoms with E-state index >= 15 is 0 Å². The molecule has 2 unspecified atom stereocenters. The highest BCUT2D eigenvalue weighted by Gasteiger charge is 2.61. The van der Waals surface area contributed by atoms with Gasteiger partial charge in [0.2, 0.25) is 5.91 Å². The van der Waals surface area contributed by atoms with Gasteiger partial charge in [-0.2, -0.15) is 0 Å². The van der Waals surface area contributed by atoms with Crippen LogP contribution in [-0.2, 0) is 10.2 Å². The van der Waals surface area contributed by atoms with Crippen LogP contribution in [0.1, 0.15) is 65.6 Å². The van der Waals surface area contributed by atoms with Gasteiger partial charge in [-0.15, -0.1) is 11.8 Å². The zero-order chi connectivity index (χ0) is 22.3. The summed E-state index contributed by atoms with van der Waals surface area (Å²) < 4.78 is 0. The van der Waals surface area contributed by atoms with Gasteiger partial charge in [0.05, 0.1) is 17.2 Å². The Bertz CT molecular complexity index is 864. The molecular formula is C26H35NO2S. The van der Waals surface area contributed by atoms with Crippen LogP contribution in [0.4, 0.5) is 0 Å². The first-order valence-corrected chi connectivity index (χ1v) is 11.7. The van der Waals surface area contributed by atoms with Crippen molar-refractivity contribution in [3.8, 4) is 5.75 Å². The van der Waals surface area contributed by atoms with Crippen molar-refractivity contribution < 1.29 is 9.90 Å². The van der Waals surface area contributed by atoms with Gasteiger partial charge in [-0.3, -0.25) is 4.79 Å². The molecule has 2 aromatic carbocycles. The van der Waals surface area contributed by atoms with E-state index in [-0.39, 0.29) is 33.8 Å². The van der Waals surface area contributed by atoms with E-state index in [0.717, 1.165) is 11.1 Å². The first kappa shape index (κ1) is 22.7. The second kappa shape index (κ2) is 7.96. The summed E-state index contributed by atoms with van der Waals surface area (Å²) in [7, 11) is 0. The zero-order valence-electron chi connectivity index (χ0n) is 19.3. The Morgan fingerprint density at radius 1 is 0.933 bits per heavy atom. The summed E-state index contributed by atoms with van der Waals surface area (Å²) in [4.78, 5) is 16.0. The number of phenolic OH excluding ortho intramolecular Hbond substituents is 1. The maximum Gasteiger partial charge on any atom is 0.237 e. The van der Waals surface area contributed by atoms with E-state index in [1.54, 1.807) is 23.9 Å². The molecule has 2 aromatic rings. The molecule has 1 aliphatic heterocycles. The van der Waals surface area contributed by atoms with Crippen LogP contribution in [0.15, 0.2) is 54.6 Å². The third kappa shape index (κ3) is 3.64. The molecule has 162 valence electrons. The van der Waals surface area contributed by atoms with E-state index < -0.39 is 5.41 Å². The molecule has 0 aromatic heterocycles. The molecule has 3 nitrogen and oxygen atoms in total. The molecule has 0 bridgehead atoms. The molecule has 4 heteroatoms. The van der Waals surface area contributed by atoms with Gasteiger partial charge < -0.3 is 10.0 Å². The molecule has 0 aliphatic carbocycles. The Morgan fingerprint density at radius 3 is 1.97 bits per heavy atom. The van der Waals surface area contributed by atoms with Gasteiger partial charge in [-0.25, -0.2) is 0 Å². The Hall–Kier alpha value is -1.94. The second-order valence-electron chi connectivity index (χ2n) is 10.4. The van der Waals surface area contributed by atoms with Crippen molar-refractivity contribution in [1.29, 1.82) is 0 Å². The topological polar surface area (TPSA) is 40.5 Å². The molecule has 1 saturated heterocycles. The standard InChI is InChI=1S/C26H35NO2S/c1-18(19-11-9-8-10-12-19)27-17-30-22(23(27)29)26(24(2,3)4,25(5,6)7)20-13-15-21(28)16-14-20/h8-16,18,22,28H,17H2,1-7H3. The third-order valence-electron chi connectivity index (χ3n) is 6.72. The first-order chi connectivity index (χ1) is 13.9. The van der Waals surface area contributed by atoms with Gasteiger partial charge in [0.25, 0.3) is 0 Å². The van der Waals surface area contributed by atoms with Crippen LogP contribution in [0.5, 0.6) is 5.75 Å². The van der Waals surface area contributed by atoms with Gasteiger partial charge in [-0.1, -0.05) is 84.0 Å². The summed E-state index contributed by atoms with van der Waals surface area (Å²) in [5.41, 5.74) is 1.50. The maximum atomic E-state index is 14.0. The van der Waals surface area contributed by atoms with E-state index in [1.165, 1.54) is 0 Å². The number of nitrogens with zero attached hydrogens (tertiary/aromatic N) is 1. The minimum absolute atomic E-state index is 0.0358. The summed E-state index contributed by atoms with van der Waals surface area (Å²) in [5.74, 6) is 1.14. The quantitative estimate of drug-likeness (QED) is 0.617. The van der Waals surface area contributed by atoms with E-state index in [4.69, 9.17) is 0 Å². The monoisotopic (exact) mass is 425 g/mol. The summed E-state index contributed by atoms with van der Waals surface area (Å²) in [6.07, 6.45) is 0. The van der Waals surface area contributed by atoms with Crippen LogP contribution in [0, 0.1) is 10.8 Å². The number of thioether (sulfide) groups is 1. The number of amides is 1. The van der Waals surface area contributed by atoms with Crippen molar-refractivity contribution in [2.24, 2.45) is 10.8 Å². The lowest BCUT2D eigenvalue weighted by atomic mass is 9.49. The SMILES string of the molecule is CC(c1ccccc1)N1CSC(C(c2ccc(O)cc2)(C(C)(C)C)C(C)(C)C)C1=O. The van der Waals surface area contributed by atoms with E-state index in [9.17, 15) is 9.90 Å². The van der Waals surface area contributed by atoms with Crippen molar-refractivity contribution in [3.05, 3.63) is 65.7 Å². The molecular weight excluding hydrogens is 390 g/mol. The number of phenols is 1. The molecule has 0 saturated carbocycles. The highest BCUT2D eigenvalue weighted by atomic mass is 32.2. The maximum absolute atomic E-state index is 14.0. The number of aromatic hydroxyl groups is 1. The predicted octanol–water partition coefficient (Wildman–Crippen LogP) is 6.38. The number of carbonyl (C=O) groups excluding carboxylic acids is 1. The van der Waals surface area contributed by atoms with Gasteiger partial charge in [0, 0.05) is 5.41 Å². The van der Waals surface area contributed by atoms with Crippen molar-refractivity contribution in [1.82, 2.24) is 4.90 Å². The number of benzene rings is 2. The van der Waals surface area contributed by atoms with Crippen LogP contribution >= 0.6 is 11.8 Å². The van der Waals surface area contributed by atoms with E-state index in [0.29, 0.717) is 5.88 Å². The smallest absolute Gasteiger partial charge is 0.237 e. The lowest BCUT2D eigenvalue weighted by Crippen LogP contribution is -2.59. The predicted molar refractivity (Wildman–Crippen MR) is 127 cm³/mol. The van der Waals surface area contributed by atoms with Crippen molar-refractivity contribution >= 4 is 17.7 Å². The van der Waals surface area contributed by atoms with Crippen LogP contribution < -0.4 is 0 Å². The highest BCUT2D eigenvalue weighted by Crippen LogP contribution is 2.60. The van der Waals surface area contributed by atoms with Gasteiger partial charge in [-0.05, 0) is 41.0 Å². The normalized spacial score (nSPS) is 19.2.